The van der Waals surface area contributed by atoms with E-state index in [2.05, 4.69) is 112 Å². The summed E-state index contributed by atoms with van der Waals surface area (Å²) in [4.78, 5) is 5.13. The zero-order chi connectivity index (χ0) is 19.8. The summed E-state index contributed by atoms with van der Waals surface area (Å²) in [6.45, 7) is 0. The van der Waals surface area contributed by atoms with Gasteiger partial charge in [-0.3, -0.25) is 4.40 Å². The van der Waals surface area contributed by atoms with E-state index in [0.717, 1.165) is 22.5 Å². The molecule has 4 nitrogen and oxygen atoms in total. The van der Waals surface area contributed by atoms with Crippen LogP contribution in [0.5, 0.6) is 0 Å². The van der Waals surface area contributed by atoms with E-state index in [4.69, 9.17) is 4.98 Å². The second-order valence-electron chi connectivity index (χ2n) is 7.81. The summed E-state index contributed by atoms with van der Waals surface area (Å²) < 4.78 is 6.79. The molecule has 0 unspecified atom stereocenters. The van der Waals surface area contributed by atoms with Crippen LogP contribution in [0.4, 0.5) is 0 Å². The Hall–Kier alpha value is -4.05. The Labute approximate surface area is 172 Å². The first-order chi connectivity index (χ1) is 14.8. The number of aromatic nitrogens is 4. The Morgan fingerprint density at radius 2 is 1.13 bits per heavy atom. The maximum absolute atomic E-state index is 5.13. The van der Waals surface area contributed by atoms with Gasteiger partial charge in [-0.1, -0.05) is 54.6 Å². The van der Waals surface area contributed by atoms with Gasteiger partial charge in [-0.15, -0.1) is 0 Å². The van der Waals surface area contributed by atoms with Crippen molar-refractivity contribution in [1.29, 1.82) is 0 Å². The van der Waals surface area contributed by atoms with Gasteiger partial charge in [0.25, 0.3) is 0 Å². The lowest BCUT2D eigenvalue weighted by Crippen LogP contribution is -1.95. The van der Waals surface area contributed by atoms with Crippen LogP contribution in [0, 0.1) is 0 Å². The van der Waals surface area contributed by atoms with Gasteiger partial charge in [0.15, 0.2) is 0 Å². The molecule has 0 atom stereocenters. The lowest BCUT2D eigenvalue weighted by Gasteiger charge is -2.08. The predicted molar refractivity (Wildman–Crippen MR) is 124 cm³/mol. The largest absolute Gasteiger partial charge is 0.313 e. The fraction of sp³-hybridized carbons (Fsp3) is 0.0385. The van der Waals surface area contributed by atoms with Crippen molar-refractivity contribution in [2.45, 2.75) is 0 Å². The van der Waals surface area contributed by atoms with Crippen LogP contribution in [0.1, 0.15) is 0 Å². The number of fused-ring (bicyclic) bond motifs is 8. The Morgan fingerprint density at radius 1 is 0.567 bits per heavy atom. The minimum Gasteiger partial charge on any atom is -0.313 e. The van der Waals surface area contributed by atoms with Gasteiger partial charge in [0.2, 0.25) is 5.78 Å². The van der Waals surface area contributed by atoms with E-state index in [9.17, 15) is 0 Å². The molecule has 0 saturated carbocycles. The number of benzene rings is 4. The van der Waals surface area contributed by atoms with Gasteiger partial charge in [-0.05, 0) is 36.4 Å². The van der Waals surface area contributed by atoms with Crippen LogP contribution >= 0.6 is 0 Å². The van der Waals surface area contributed by atoms with Gasteiger partial charge in [-0.2, -0.15) is 0 Å². The number of aryl methyl sites for hydroxylation is 1. The number of hydrogen-bond acceptors (Lipinski definition) is 1. The Kier molecular flexibility index (Phi) is 2.91. The van der Waals surface area contributed by atoms with E-state index in [1.807, 2.05) is 0 Å². The molecule has 3 heterocycles. The average molecular weight is 386 g/mol. The summed E-state index contributed by atoms with van der Waals surface area (Å²) in [5.74, 6) is 0.958. The monoisotopic (exact) mass is 386 g/mol. The first-order valence-electron chi connectivity index (χ1n) is 10.2. The summed E-state index contributed by atoms with van der Waals surface area (Å²) in [6.07, 6.45) is 0. The minimum atomic E-state index is 0.958. The molecule has 30 heavy (non-hydrogen) atoms. The van der Waals surface area contributed by atoms with Gasteiger partial charge in [0.05, 0.1) is 33.3 Å². The molecule has 3 aromatic heterocycles. The van der Waals surface area contributed by atoms with Crippen molar-refractivity contribution < 1.29 is 0 Å². The average Bonchev–Trinajstić information content (AvgIpc) is 3.43. The molecule has 0 amide bonds. The molecule has 0 aliphatic carbocycles. The smallest absolute Gasteiger partial charge is 0.215 e. The van der Waals surface area contributed by atoms with Crippen molar-refractivity contribution >= 4 is 49.7 Å². The molecule has 0 bridgehead atoms. The Balaban J connectivity index is 1.69. The van der Waals surface area contributed by atoms with E-state index < -0.39 is 0 Å². The number of hydrogen-bond donors (Lipinski definition) is 0. The van der Waals surface area contributed by atoms with Gasteiger partial charge < -0.3 is 9.13 Å². The van der Waals surface area contributed by atoms with Crippen molar-refractivity contribution in [3.8, 4) is 5.69 Å². The highest BCUT2D eigenvalue weighted by Gasteiger charge is 2.18. The predicted octanol–water partition coefficient (Wildman–Crippen LogP) is 6.08. The van der Waals surface area contributed by atoms with Crippen molar-refractivity contribution in [2.75, 3.05) is 0 Å². The van der Waals surface area contributed by atoms with Crippen LogP contribution in [0.25, 0.3) is 55.3 Å². The van der Waals surface area contributed by atoms with Gasteiger partial charge in [-0.25, -0.2) is 4.98 Å². The van der Waals surface area contributed by atoms with E-state index in [0.29, 0.717) is 0 Å². The maximum atomic E-state index is 5.13. The van der Waals surface area contributed by atoms with Crippen LogP contribution in [0.2, 0.25) is 0 Å². The topological polar surface area (TPSA) is 27.2 Å². The fourth-order valence-electron chi connectivity index (χ4n) is 4.94. The van der Waals surface area contributed by atoms with E-state index in [1.54, 1.807) is 0 Å². The van der Waals surface area contributed by atoms with Crippen molar-refractivity contribution in [1.82, 2.24) is 18.5 Å². The third-order valence-electron chi connectivity index (χ3n) is 6.25. The standard InChI is InChI=1S/C26H18N4/c1-28-21-13-6-7-14-22(21)30-24-16-8-15-23(25(24)27-26(28)30)29-19-11-4-2-9-17(19)18-10-3-5-12-20(18)29/h2-16H,1H3. The quantitative estimate of drug-likeness (QED) is 0.336. The van der Waals surface area contributed by atoms with Crippen LogP contribution < -0.4 is 0 Å². The molecule has 0 aliphatic rings. The first-order valence-corrected chi connectivity index (χ1v) is 10.2. The summed E-state index contributed by atoms with van der Waals surface area (Å²) in [7, 11) is 2.09. The van der Waals surface area contributed by atoms with Crippen LogP contribution in [-0.2, 0) is 7.05 Å². The van der Waals surface area contributed by atoms with Crippen molar-refractivity contribution in [2.24, 2.45) is 7.05 Å². The molecule has 142 valence electrons. The molecule has 0 spiro atoms. The van der Waals surface area contributed by atoms with Crippen molar-refractivity contribution in [3.05, 3.63) is 91.0 Å². The lowest BCUT2D eigenvalue weighted by molar-refractivity contribution is 0.973. The highest BCUT2D eigenvalue weighted by molar-refractivity contribution is 6.10. The Bertz CT molecular complexity index is 1710. The molecule has 0 N–H and O–H groups in total. The second kappa shape index (κ2) is 5.51. The normalized spacial score (nSPS) is 12.2. The molecule has 7 rings (SSSR count). The number of rotatable bonds is 1. The molecule has 0 saturated heterocycles. The molecule has 7 aromatic rings. The molecule has 0 fully saturated rings. The SMILES string of the molecule is Cn1c2ccccc2n2c3cccc(-n4c5ccccc5c5ccccc54)c3nc12. The highest BCUT2D eigenvalue weighted by Crippen LogP contribution is 2.35. The lowest BCUT2D eigenvalue weighted by atomic mass is 10.2. The first kappa shape index (κ1) is 15.8. The molecular formula is C26H18N4. The van der Waals surface area contributed by atoms with Crippen LogP contribution in [0.3, 0.4) is 0 Å². The van der Waals surface area contributed by atoms with E-state index in [1.165, 1.54) is 32.8 Å². The van der Waals surface area contributed by atoms with E-state index in [-0.39, 0.29) is 0 Å². The zero-order valence-electron chi connectivity index (χ0n) is 16.4. The molecule has 0 radical (unpaired) electrons. The second-order valence-corrected chi connectivity index (χ2v) is 7.81. The van der Waals surface area contributed by atoms with Gasteiger partial charge >= 0.3 is 0 Å². The highest BCUT2D eigenvalue weighted by atomic mass is 15.2. The minimum absolute atomic E-state index is 0.958. The van der Waals surface area contributed by atoms with Crippen LogP contribution in [0.15, 0.2) is 91.0 Å². The Morgan fingerprint density at radius 3 is 1.83 bits per heavy atom. The van der Waals surface area contributed by atoms with Gasteiger partial charge in [0, 0.05) is 17.8 Å². The van der Waals surface area contributed by atoms with Gasteiger partial charge in [0.1, 0.15) is 5.52 Å². The number of imidazole rings is 2. The molecule has 4 heteroatoms. The van der Waals surface area contributed by atoms with Crippen LogP contribution in [-0.4, -0.2) is 18.5 Å². The molecular weight excluding hydrogens is 368 g/mol. The van der Waals surface area contributed by atoms with E-state index >= 15 is 0 Å². The summed E-state index contributed by atoms with van der Waals surface area (Å²) in [5.41, 5.74) is 8.02. The number of para-hydroxylation sites is 5. The molecule has 4 aromatic carbocycles. The third kappa shape index (κ3) is 1.83. The summed E-state index contributed by atoms with van der Waals surface area (Å²) in [6, 6.07) is 32.2. The fourth-order valence-corrected chi connectivity index (χ4v) is 4.94. The summed E-state index contributed by atoms with van der Waals surface area (Å²) >= 11 is 0. The summed E-state index contributed by atoms with van der Waals surface area (Å²) in [5, 5.41) is 2.53. The molecule has 0 aliphatic heterocycles. The van der Waals surface area contributed by atoms with Crippen molar-refractivity contribution in [3.63, 3.8) is 0 Å². The maximum Gasteiger partial charge on any atom is 0.215 e. The number of nitrogens with zero attached hydrogens (tertiary/aromatic N) is 4. The third-order valence-corrected chi connectivity index (χ3v) is 6.25. The zero-order valence-corrected chi connectivity index (χ0v) is 16.4.